The lowest BCUT2D eigenvalue weighted by atomic mass is 10.1. The number of ether oxygens (including phenoxy) is 1. The van der Waals surface area contributed by atoms with E-state index < -0.39 is 75.9 Å². The van der Waals surface area contributed by atoms with E-state index in [9.17, 15) is 44.3 Å². The van der Waals surface area contributed by atoms with E-state index >= 15 is 0 Å². The van der Waals surface area contributed by atoms with Crippen LogP contribution in [-0.4, -0.2) is 37.9 Å². The minimum absolute atomic E-state index is 0.588. The minimum atomic E-state index is -5.21. The first-order valence-corrected chi connectivity index (χ1v) is 10.7. The second-order valence-corrected chi connectivity index (χ2v) is 8.43. The van der Waals surface area contributed by atoms with Gasteiger partial charge in [-0.05, 0) is 24.3 Å². The molecule has 0 bridgehead atoms. The first-order chi connectivity index (χ1) is 14.2. The number of esters is 2. The Kier molecular flexibility index (Phi) is 6.56. The summed E-state index contributed by atoms with van der Waals surface area (Å²) >= 11 is 0. The molecule has 0 aliphatic rings. The number of rotatable bonds is 6. The molecule has 31 heavy (non-hydrogen) atoms. The van der Waals surface area contributed by atoms with Crippen molar-refractivity contribution in [1.29, 1.82) is 0 Å². The van der Waals surface area contributed by atoms with Gasteiger partial charge in [0.15, 0.2) is 0 Å². The van der Waals surface area contributed by atoms with E-state index in [1.165, 1.54) is 0 Å². The number of benzene rings is 2. The summed E-state index contributed by atoms with van der Waals surface area (Å²) in [4.78, 5) is 22.3. The molecule has 0 radical (unpaired) electrons. The minimum Gasteiger partial charge on any atom is -0.386 e. The summed E-state index contributed by atoms with van der Waals surface area (Å²) in [5.41, 5.74) is -3.55. The van der Waals surface area contributed by atoms with Crippen molar-refractivity contribution >= 4 is 44.3 Å². The van der Waals surface area contributed by atoms with E-state index in [1.54, 1.807) is 0 Å². The highest BCUT2D eigenvalue weighted by atomic mass is 32.2. The monoisotopic (exact) mass is 474 g/mol. The molecular weight excluding hydrogens is 462 g/mol. The maximum Gasteiger partial charge on any atom is 0.347 e. The molecule has 0 aromatic heterocycles. The molecule has 13 heteroatoms. The Labute approximate surface area is 174 Å². The Morgan fingerprint density at radius 3 is 1.35 bits per heavy atom. The van der Waals surface area contributed by atoms with Crippen molar-refractivity contribution in [3.05, 3.63) is 71.3 Å². The fourth-order valence-corrected chi connectivity index (χ4v) is 4.38. The summed E-state index contributed by atoms with van der Waals surface area (Å²) in [7, 11) is -10.4. The summed E-state index contributed by atoms with van der Waals surface area (Å²) in [6, 6.07) is 2.43. The van der Waals surface area contributed by atoms with Gasteiger partial charge in [0.2, 0.25) is 0 Å². The average Bonchev–Trinajstić information content (AvgIpc) is 2.65. The van der Waals surface area contributed by atoms with Crippen LogP contribution in [-0.2, 0) is 25.0 Å². The van der Waals surface area contributed by atoms with Crippen LogP contribution < -0.4 is 0 Å². The summed E-state index contributed by atoms with van der Waals surface area (Å²) in [6.07, 6.45) is 1.37. The van der Waals surface area contributed by atoms with Crippen LogP contribution in [0.2, 0.25) is 0 Å². The van der Waals surface area contributed by atoms with Crippen LogP contribution in [0.5, 0.6) is 0 Å². The van der Waals surface area contributed by atoms with Gasteiger partial charge >= 0.3 is 11.9 Å². The lowest BCUT2D eigenvalue weighted by molar-refractivity contribution is 0.0391. The van der Waals surface area contributed by atoms with Crippen molar-refractivity contribution in [2.45, 2.75) is 9.79 Å². The Bertz CT molecular complexity index is 1240. The molecule has 0 spiro atoms. The van der Waals surface area contributed by atoms with E-state index in [1.807, 2.05) is 0 Å². The third-order valence-corrected chi connectivity index (χ3v) is 5.75. The number of halogens is 2. The molecule has 0 atom stereocenters. The lowest BCUT2D eigenvalue weighted by Gasteiger charge is -2.12. The van der Waals surface area contributed by atoms with Gasteiger partial charge in [-0.1, -0.05) is 25.3 Å². The normalized spacial score (nSPS) is 11.6. The summed E-state index contributed by atoms with van der Waals surface area (Å²) in [5.74, 6) is -5.81. The van der Waals surface area contributed by atoms with Crippen LogP contribution >= 0.6 is 0 Å². The quantitative estimate of drug-likeness (QED) is 0.366. The lowest BCUT2D eigenvalue weighted by Crippen LogP contribution is -2.20. The van der Waals surface area contributed by atoms with E-state index in [0.717, 1.165) is 0 Å². The molecule has 2 N–H and O–H groups in total. The highest BCUT2D eigenvalue weighted by Gasteiger charge is 2.31. The van der Waals surface area contributed by atoms with E-state index in [-0.39, 0.29) is 0 Å². The Hall–Kier alpha value is -3.26. The molecule has 0 heterocycles. The molecule has 2 aromatic rings. The molecule has 0 saturated heterocycles. The third-order valence-electron chi connectivity index (χ3n) is 3.84. The van der Waals surface area contributed by atoms with Gasteiger partial charge in [0, 0.05) is 11.1 Å². The van der Waals surface area contributed by atoms with Crippen molar-refractivity contribution in [2.75, 3.05) is 0 Å². The number of carbonyl (C=O) groups is 2. The van der Waals surface area contributed by atoms with Crippen LogP contribution in [0.25, 0.3) is 12.2 Å². The van der Waals surface area contributed by atoms with Crippen molar-refractivity contribution in [1.82, 2.24) is 0 Å². The fourth-order valence-electron chi connectivity index (χ4n) is 2.60. The van der Waals surface area contributed by atoms with Crippen LogP contribution in [0.3, 0.4) is 0 Å². The second-order valence-electron chi connectivity index (χ2n) is 5.71. The predicted octanol–water partition coefficient (Wildman–Crippen LogP) is 2.74. The zero-order chi connectivity index (χ0) is 23.7. The largest absolute Gasteiger partial charge is 0.386 e. The number of hydrogen-bond donors (Lipinski definition) is 2. The Morgan fingerprint density at radius 1 is 0.774 bits per heavy atom. The number of hydrogen-bond acceptors (Lipinski definition) is 7. The highest BCUT2D eigenvalue weighted by molar-refractivity contribution is 7.86. The topological polar surface area (TPSA) is 152 Å². The fraction of sp³-hybridized carbons (Fsp3) is 0. The van der Waals surface area contributed by atoms with Gasteiger partial charge in [-0.15, -0.1) is 0 Å². The van der Waals surface area contributed by atoms with Gasteiger partial charge in [-0.3, -0.25) is 9.11 Å². The summed E-state index contributed by atoms with van der Waals surface area (Å²) < 4.78 is 97.4. The standard InChI is InChI=1S/C18H12F2O9S2/c1-3-9-13(19)7-5-11(15(9)30(23,24)25)17(21)29-18(22)12-6-8-14(20)10(4-2)16(12)31(26,27)28/h3-8H,1-2H2,(H,23,24,25)(H,26,27,28). The molecule has 2 aromatic carbocycles. The summed E-state index contributed by atoms with van der Waals surface area (Å²) in [6.45, 7) is 6.33. The van der Waals surface area contributed by atoms with Gasteiger partial charge in [-0.2, -0.15) is 16.8 Å². The van der Waals surface area contributed by atoms with Crippen molar-refractivity contribution < 1.29 is 49.0 Å². The third kappa shape index (κ3) is 4.74. The molecule has 164 valence electrons. The Balaban J connectivity index is 2.64. The second kappa shape index (κ2) is 8.47. The van der Waals surface area contributed by atoms with Crippen LogP contribution in [0.4, 0.5) is 8.78 Å². The maximum absolute atomic E-state index is 13.9. The van der Waals surface area contributed by atoms with Gasteiger partial charge in [0.1, 0.15) is 21.4 Å². The first kappa shape index (κ1) is 24.0. The average molecular weight is 474 g/mol. The van der Waals surface area contributed by atoms with Crippen molar-refractivity contribution in [3.8, 4) is 0 Å². The van der Waals surface area contributed by atoms with Crippen molar-refractivity contribution in [3.63, 3.8) is 0 Å². The maximum atomic E-state index is 13.9. The molecule has 0 amide bonds. The molecule has 0 fully saturated rings. The summed E-state index contributed by atoms with van der Waals surface area (Å²) in [5, 5.41) is 0. The molecule has 0 saturated carbocycles. The van der Waals surface area contributed by atoms with Gasteiger partial charge in [0.25, 0.3) is 20.2 Å². The van der Waals surface area contributed by atoms with E-state index in [4.69, 9.17) is 0 Å². The number of carbonyl (C=O) groups excluding carboxylic acids is 2. The zero-order valence-electron chi connectivity index (χ0n) is 15.2. The smallest absolute Gasteiger partial charge is 0.347 e. The highest BCUT2D eigenvalue weighted by Crippen LogP contribution is 2.28. The molecule has 2 rings (SSSR count). The molecular formula is C18H12F2O9S2. The SMILES string of the molecule is C=Cc1c(F)ccc(C(=O)OC(=O)c2ccc(F)c(C=C)c2S(=O)(=O)O)c1S(=O)(=O)O. The van der Waals surface area contributed by atoms with Crippen LogP contribution in [0, 0.1) is 11.6 Å². The van der Waals surface area contributed by atoms with Gasteiger partial charge in [0.05, 0.1) is 11.1 Å². The molecule has 9 nitrogen and oxygen atoms in total. The predicted molar refractivity (Wildman–Crippen MR) is 102 cm³/mol. The zero-order valence-corrected chi connectivity index (χ0v) is 16.8. The van der Waals surface area contributed by atoms with E-state index in [2.05, 4.69) is 17.9 Å². The van der Waals surface area contributed by atoms with E-state index in [0.29, 0.717) is 36.4 Å². The molecule has 0 unspecified atom stereocenters. The van der Waals surface area contributed by atoms with Gasteiger partial charge in [-0.25, -0.2) is 18.4 Å². The first-order valence-electron chi connectivity index (χ1n) is 7.85. The van der Waals surface area contributed by atoms with Crippen molar-refractivity contribution in [2.24, 2.45) is 0 Å². The molecule has 0 aliphatic heterocycles. The Morgan fingerprint density at radius 2 is 1.10 bits per heavy atom. The van der Waals surface area contributed by atoms with Crippen LogP contribution in [0.1, 0.15) is 31.8 Å². The van der Waals surface area contributed by atoms with Crippen LogP contribution in [0.15, 0.2) is 47.2 Å². The van der Waals surface area contributed by atoms with Gasteiger partial charge < -0.3 is 4.74 Å². The molecule has 0 aliphatic carbocycles.